The number of carbonyl (C=O) groups excluding carboxylic acids is 2. The summed E-state index contributed by atoms with van der Waals surface area (Å²) in [6.07, 6.45) is 6.16. The number of alkyl halides is 1. The number of fused-ring (bicyclic) bond motifs is 9. The normalized spacial score (nSPS) is 12.0. The van der Waals surface area contributed by atoms with Crippen molar-refractivity contribution in [1.82, 2.24) is 13.7 Å². The van der Waals surface area contributed by atoms with Crippen molar-refractivity contribution in [2.75, 3.05) is 27.0 Å². The SMILES string of the molecule is C1CCOC1.C=Cc1ccc(-n2c3ccccc3c3cc(Br)ccc32)cc1.CP(Br)(c1ccccc1)(c1ccccc1)c1ccccc1.O=Cc1ccc(-n2c3ccccc3c3cc(Br)ccc32)cc1.O=Cc1ccc(-n2c3ccccc3c3ccccc32)cc1.[2H]CF.[B]=NS. The molecule has 0 saturated carbocycles. The van der Waals surface area contributed by atoms with Gasteiger partial charge in [0.2, 0.25) is 0 Å². The summed E-state index contributed by atoms with van der Waals surface area (Å²) in [7, 11) is 3.34. The van der Waals surface area contributed by atoms with Crippen LogP contribution in [-0.4, -0.2) is 60.9 Å². The predicted octanol–water partition coefficient (Wildman–Crippen LogP) is 22.2. The van der Waals surface area contributed by atoms with Gasteiger partial charge in [0.15, 0.2) is 0 Å². The molecule has 0 unspecified atom stereocenters. The van der Waals surface area contributed by atoms with E-state index in [0.717, 1.165) is 62.7 Å². The fourth-order valence-corrected chi connectivity index (χ4v) is 18.5. The Balaban J connectivity index is 0.000000133. The van der Waals surface area contributed by atoms with Crippen molar-refractivity contribution in [2.45, 2.75) is 12.8 Å². The van der Waals surface area contributed by atoms with Gasteiger partial charge < -0.3 is 18.4 Å². The molecule has 15 aromatic rings. The van der Waals surface area contributed by atoms with E-state index in [1.54, 1.807) is 0 Å². The van der Waals surface area contributed by atoms with Crippen LogP contribution in [0.2, 0.25) is 0 Å². The van der Waals surface area contributed by atoms with Crippen molar-refractivity contribution < 1.29 is 20.1 Å². The van der Waals surface area contributed by atoms with E-state index in [1.165, 1.54) is 88.8 Å². The summed E-state index contributed by atoms with van der Waals surface area (Å²) in [5.74, 6) is 0. The molecule has 7 nitrogen and oxygen atoms in total. The van der Waals surface area contributed by atoms with Crippen LogP contribution in [0.3, 0.4) is 0 Å². The summed E-state index contributed by atoms with van der Waals surface area (Å²) in [6.45, 7) is 8.19. The minimum absolute atomic E-state index is 0.687. The van der Waals surface area contributed by atoms with E-state index in [1.807, 2.05) is 60.7 Å². The summed E-state index contributed by atoms with van der Waals surface area (Å²) in [5, 5.41) is 8.93. The zero-order chi connectivity index (χ0) is 68.2. The number of hydrogen-bond acceptors (Lipinski definition) is 5. The Kier molecular flexibility index (Phi) is 23.7. The van der Waals surface area contributed by atoms with Gasteiger partial charge in [0, 0.05) is 82.7 Å². The van der Waals surface area contributed by atoms with E-state index in [9.17, 15) is 14.0 Å². The fraction of sp³-hybridized carbons (Fsp3) is 0.0732. The molecule has 0 N–H and O–H groups in total. The molecule has 0 atom stereocenters. The van der Waals surface area contributed by atoms with E-state index in [0.29, 0.717) is 11.1 Å². The first-order chi connectivity index (χ1) is 47.4. The standard InChI is InChI=1S/C20H14BrN.C19H12BrNO.C19H18BrP.C19H13NO.C4H8O.CH3F.BHNS/c1-2-14-7-10-16(11-8-14)22-19-6-4-3-5-17(19)18-13-15(21)9-12-20(18)22;20-14-7-10-19-17(11-14)16-3-1-2-4-18(16)21(19)15-8-5-13(12-22)6-9-15;1-21(20,17-11-5-2-6-12-17,18-13-7-3-8-14-18)19-15-9-4-10-16-19;21-13-14-9-11-15(12-10-14)20-18-7-3-1-5-16(18)17-6-2-4-8-19(17)20;1-2-4-5-3-1;1-2;1-2-3/h2-13H,1H2;1-12H;2-16H,1H3;1-13H;1-4H2;1H3;3H/i;;;;;1D;. The first-order valence-corrected chi connectivity index (χ1v) is 37.6. The van der Waals surface area contributed by atoms with E-state index < -0.39 is 12.5 Å². The molecule has 16 rings (SSSR count). The van der Waals surface area contributed by atoms with Crippen LogP contribution in [-0.2, 0) is 4.74 Å². The van der Waals surface area contributed by atoms with E-state index >= 15 is 0 Å². The molecule has 4 heterocycles. The number of rotatable bonds is 9. The zero-order valence-corrected chi connectivity index (χ0v) is 59.3. The Hall–Kier alpha value is -8.91. The van der Waals surface area contributed by atoms with Crippen LogP contribution in [0, 0.1) is 0 Å². The number of nitrogens with zero attached hydrogens (tertiary/aromatic N) is 4. The summed E-state index contributed by atoms with van der Waals surface area (Å²) >= 11 is 14.6. The Morgan fingerprint density at radius 2 is 0.708 bits per heavy atom. The van der Waals surface area contributed by atoms with Crippen LogP contribution in [0.1, 0.15) is 40.5 Å². The fourth-order valence-electron chi connectivity index (χ4n) is 12.1. The average molecular weight is 1490 g/mol. The van der Waals surface area contributed by atoms with Crippen LogP contribution in [0.4, 0.5) is 4.39 Å². The van der Waals surface area contributed by atoms with E-state index in [4.69, 9.17) is 6.11 Å². The quantitative estimate of drug-likeness (QED) is 0.0677. The Bertz CT molecular complexity index is 4800. The number of benzene rings is 12. The maximum atomic E-state index is 10.9. The molecule has 1 radical (unpaired) electrons. The molecule has 1 fully saturated rings. The number of thiol groups is 1. The molecule has 1 aliphatic rings. The van der Waals surface area contributed by atoms with Gasteiger partial charge in [-0.05, 0) is 140 Å². The molecule has 0 spiro atoms. The average Bonchev–Trinajstić information content (AvgIpc) is 1.69. The third-order valence-electron chi connectivity index (χ3n) is 16.7. The zero-order valence-electron chi connectivity index (χ0n) is 53.8. The molecule has 3 aromatic heterocycles. The maximum absolute atomic E-state index is 10.9. The van der Waals surface area contributed by atoms with Gasteiger partial charge in [-0.3, -0.25) is 14.0 Å². The van der Waals surface area contributed by atoms with Crippen molar-refractivity contribution in [3.63, 3.8) is 0 Å². The number of ether oxygens (including phenoxy) is 1. The molecule has 14 heteroatoms. The van der Waals surface area contributed by atoms with Gasteiger partial charge in [-0.15, -0.1) is 0 Å². The second kappa shape index (κ2) is 33.2. The minimum atomic E-state index is -2.56. The molecular weight excluding hydrogens is 1420 g/mol. The van der Waals surface area contributed by atoms with Gasteiger partial charge in [-0.2, -0.15) is 0 Å². The van der Waals surface area contributed by atoms with Crippen molar-refractivity contribution in [3.05, 3.63) is 329 Å². The molecule has 0 amide bonds. The second-order valence-electron chi connectivity index (χ2n) is 22.5. The molecular formula is C82H69BBr3FN4O3PS. The predicted molar refractivity (Wildman–Crippen MR) is 423 cm³/mol. The van der Waals surface area contributed by atoms with Gasteiger partial charge in [0.25, 0.3) is 0 Å². The topological polar surface area (TPSA) is 70.5 Å². The van der Waals surface area contributed by atoms with Gasteiger partial charge in [-0.1, -0.05) is 129 Å². The third-order valence-corrected chi connectivity index (χ3v) is 26.0. The molecule has 1 saturated heterocycles. The molecule has 12 aromatic carbocycles. The van der Waals surface area contributed by atoms with Crippen molar-refractivity contribution in [2.24, 2.45) is 4.30 Å². The first kappa shape index (κ1) is 68.5. The Morgan fingerprint density at radius 3 is 0.979 bits per heavy atom. The number of para-hydroxylation sites is 4. The summed E-state index contributed by atoms with van der Waals surface area (Å²) < 4.78 is 32.1. The number of aldehydes is 2. The summed E-state index contributed by atoms with van der Waals surface area (Å²) in [5.41, 5.74) is 12.9. The monoisotopic (exact) mass is 1490 g/mol. The first-order valence-electron chi connectivity index (χ1n) is 31.7. The van der Waals surface area contributed by atoms with Crippen LogP contribution < -0.4 is 15.9 Å². The van der Waals surface area contributed by atoms with Crippen LogP contribution in [0.5, 0.6) is 0 Å². The summed E-state index contributed by atoms with van der Waals surface area (Å²) in [4.78, 5) is 21.7. The molecule has 1 aliphatic heterocycles. The Labute approximate surface area is 592 Å². The van der Waals surface area contributed by atoms with Gasteiger partial charge in [0.05, 0.1) is 41.6 Å². The van der Waals surface area contributed by atoms with Crippen LogP contribution in [0.25, 0.3) is 88.6 Å². The molecule has 0 aliphatic carbocycles. The molecule has 477 valence electrons. The molecule has 96 heavy (non-hydrogen) atoms. The summed E-state index contributed by atoms with van der Waals surface area (Å²) in [6, 6.07) is 103. The number of halogens is 4. The number of carbonyl (C=O) groups is 2. The van der Waals surface area contributed by atoms with Gasteiger partial charge in [-0.25, -0.2) is 0 Å². The van der Waals surface area contributed by atoms with Gasteiger partial charge in [0.1, 0.15) is 12.6 Å². The van der Waals surface area contributed by atoms with Crippen molar-refractivity contribution in [1.29, 1.82) is 0 Å². The van der Waals surface area contributed by atoms with E-state index in [2.05, 4.69) is 342 Å². The second-order valence-corrected chi connectivity index (χ2v) is 34.3. The van der Waals surface area contributed by atoms with Crippen LogP contribution >= 0.6 is 65.5 Å². The van der Waals surface area contributed by atoms with Gasteiger partial charge >= 0.3 is 159 Å². The third kappa shape index (κ3) is 15.3. The van der Waals surface area contributed by atoms with E-state index in [-0.39, 0.29) is 0 Å². The Morgan fingerprint density at radius 1 is 0.448 bits per heavy atom. The van der Waals surface area contributed by atoms with Crippen molar-refractivity contribution >= 4 is 173 Å². The number of aromatic nitrogens is 3. The van der Waals surface area contributed by atoms with Crippen LogP contribution in [0.15, 0.2) is 317 Å². The number of hydrogen-bond donors (Lipinski definition) is 1. The van der Waals surface area contributed by atoms with Crippen molar-refractivity contribution in [3.8, 4) is 17.1 Å². The molecule has 0 bridgehead atoms.